The third kappa shape index (κ3) is 6.02. The molecule has 0 aliphatic heterocycles. The third-order valence-corrected chi connectivity index (χ3v) is 5.07. The second kappa shape index (κ2) is 10.2. The van der Waals surface area contributed by atoms with Crippen LogP contribution >= 0.6 is 15.9 Å². The lowest BCUT2D eigenvalue weighted by atomic mass is 10.0. The molecule has 2 amide bonds. The molecule has 5 nitrogen and oxygen atoms in total. The molecule has 0 saturated carbocycles. The largest absolute Gasteiger partial charge is 0.325 e. The van der Waals surface area contributed by atoms with Crippen molar-refractivity contribution in [1.29, 1.82) is 0 Å². The lowest BCUT2D eigenvalue weighted by Gasteiger charge is -2.17. The Morgan fingerprint density at radius 2 is 1.43 bits per heavy atom. The number of amides is 2. The molecule has 3 aromatic carbocycles. The summed E-state index contributed by atoms with van der Waals surface area (Å²) in [6.07, 6.45) is 0. The van der Waals surface area contributed by atoms with Crippen LogP contribution in [0.15, 0.2) is 77.3 Å². The second-order valence-electron chi connectivity index (χ2n) is 7.14. The van der Waals surface area contributed by atoms with Gasteiger partial charge in [0.2, 0.25) is 11.8 Å². The number of nitrogens with zero attached hydrogens (tertiary/aromatic N) is 1. The number of carbonyl (C=O) groups is 2. The van der Waals surface area contributed by atoms with E-state index in [-0.39, 0.29) is 24.9 Å². The van der Waals surface area contributed by atoms with E-state index < -0.39 is 0 Å². The topological polar surface area (TPSA) is 61.4 Å². The smallest absolute Gasteiger partial charge is 0.238 e. The monoisotopic (exact) mass is 465 g/mol. The normalized spacial score (nSPS) is 10.7. The van der Waals surface area contributed by atoms with E-state index in [1.165, 1.54) is 0 Å². The average Bonchev–Trinajstić information content (AvgIpc) is 2.71. The quantitative estimate of drug-likeness (QED) is 0.519. The number of halogens is 1. The minimum absolute atomic E-state index is 0.107. The van der Waals surface area contributed by atoms with E-state index in [4.69, 9.17) is 0 Å². The van der Waals surface area contributed by atoms with Crippen molar-refractivity contribution in [2.24, 2.45) is 0 Å². The number of aryl methyl sites for hydroxylation is 1. The zero-order valence-corrected chi connectivity index (χ0v) is 18.6. The summed E-state index contributed by atoms with van der Waals surface area (Å²) in [5.41, 5.74) is 4.47. The Morgan fingerprint density at radius 3 is 2.10 bits per heavy atom. The van der Waals surface area contributed by atoms with Crippen LogP contribution in [0.2, 0.25) is 0 Å². The van der Waals surface area contributed by atoms with Gasteiger partial charge in [-0.15, -0.1) is 0 Å². The zero-order valence-electron chi connectivity index (χ0n) is 17.0. The number of carbonyl (C=O) groups excluding carboxylic acids is 2. The molecule has 0 spiro atoms. The average molecular weight is 466 g/mol. The summed E-state index contributed by atoms with van der Waals surface area (Å²) in [5, 5.41) is 5.85. The van der Waals surface area contributed by atoms with Crippen LogP contribution in [0, 0.1) is 6.92 Å². The number of hydrogen-bond donors (Lipinski definition) is 2. The Bertz CT molecular complexity index is 1040. The fourth-order valence-electron chi connectivity index (χ4n) is 3.15. The van der Waals surface area contributed by atoms with Crippen LogP contribution < -0.4 is 10.6 Å². The van der Waals surface area contributed by atoms with Gasteiger partial charge in [0.25, 0.3) is 0 Å². The van der Waals surface area contributed by atoms with Crippen molar-refractivity contribution >= 4 is 39.1 Å². The molecule has 6 heteroatoms. The first-order valence-corrected chi connectivity index (χ1v) is 10.4. The first-order valence-electron chi connectivity index (χ1n) is 9.61. The number of nitrogens with one attached hydrogen (secondary N) is 2. The van der Waals surface area contributed by atoms with Gasteiger partial charge in [0.1, 0.15) is 0 Å². The molecule has 0 bridgehead atoms. The van der Waals surface area contributed by atoms with Crippen LogP contribution in [0.4, 0.5) is 11.4 Å². The molecule has 0 aromatic heterocycles. The van der Waals surface area contributed by atoms with Crippen LogP contribution in [0.5, 0.6) is 0 Å². The van der Waals surface area contributed by atoms with Crippen LogP contribution in [-0.2, 0) is 9.59 Å². The Labute approximate surface area is 185 Å². The highest BCUT2D eigenvalue weighted by Crippen LogP contribution is 2.27. The molecule has 0 aliphatic carbocycles. The van der Waals surface area contributed by atoms with Gasteiger partial charge in [-0.1, -0.05) is 64.5 Å². The Morgan fingerprint density at radius 1 is 0.833 bits per heavy atom. The second-order valence-corrected chi connectivity index (χ2v) is 8.06. The number of likely N-dealkylation sites (N-methyl/N-ethyl adjacent to an activating group) is 1. The molecule has 2 N–H and O–H groups in total. The van der Waals surface area contributed by atoms with Gasteiger partial charge in [0, 0.05) is 21.4 Å². The Hall–Kier alpha value is -2.96. The van der Waals surface area contributed by atoms with Crippen LogP contribution in [0.1, 0.15) is 5.56 Å². The lowest BCUT2D eigenvalue weighted by Crippen LogP contribution is -2.36. The van der Waals surface area contributed by atoms with Crippen molar-refractivity contribution in [3.05, 3.63) is 82.8 Å². The van der Waals surface area contributed by atoms with E-state index in [1.54, 1.807) is 11.9 Å². The molecular weight excluding hydrogens is 442 g/mol. The number of rotatable bonds is 7. The Balaban J connectivity index is 1.57. The summed E-state index contributed by atoms with van der Waals surface area (Å²) < 4.78 is 0.961. The standard InChI is InChI=1S/C24H24BrN3O2/c1-17-14-19(25)12-13-21(17)26-23(29)15-28(2)16-24(30)27-22-11-7-6-10-20(22)18-8-4-3-5-9-18/h3-14H,15-16H2,1-2H3,(H,26,29)(H,27,30). The maximum absolute atomic E-state index is 12.5. The van der Waals surface area contributed by atoms with Gasteiger partial charge in [-0.25, -0.2) is 0 Å². The maximum Gasteiger partial charge on any atom is 0.238 e. The highest BCUT2D eigenvalue weighted by atomic mass is 79.9. The molecule has 0 unspecified atom stereocenters. The van der Waals surface area contributed by atoms with E-state index in [2.05, 4.69) is 26.6 Å². The van der Waals surface area contributed by atoms with Gasteiger partial charge in [0.15, 0.2) is 0 Å². The first-order chi connectivity index (χ1) is 14.4. The van der Waals surface area contributed by atoms with E-state index in [0.29, 0.717) is 0 Å². The third-order valence-electron chi connectivity index (χ3n) is 4.58. The summed E-state index contributed by atoms with van der Waals surface area (Å²) in [4.78, 5) is 26.6. The van der Waals surface area contributed by atoms with Gasteiger partial charge in [-0.3, -0.25) is 14.5 Å². The fraction of sp³-hybridized carbons (Fsp3) is 0.167. The summed E-state index contributed by atoms with van der Waals surface area (Å²) >= 11 is 3.41. The summed E-state index contributed by atoms with van der Waals surface area (Å²) in [6.45, 7) is 2.15. The molecular formula is C24H24BrN3O2. The molecule has 3 aromatic rings. The highest BCUT2D eigenvalue weighted by Gasteiger charge is 2.13. The SMILES string of the molecule is Cc1cc(Br)ccc1NC(=O)CN(C)CC(=O)Nc1ccccc1-c1ccccc1. The van der Waals surface area contributed by atoms with Crippen LogP contribution in [0.25, 0.3) is 11.1 Å². The number of hydrogen-bond acceptors (Lipinski definition) is 3. The van der Waals surface area contributed by atoms with Crippen molar-refractivity contribution in [3.8, 4) is 11.1 Å². The van der Waals surface area contributed by atoms with E-state index in [1.807, 2.05) is 79.7 Å². The highest BCUT2D eigenvalue weighted by molar-refractivity contribution is 9.10. The molecule has 154 valence electrons. The first kappa shape index (κ1) is 21.7. The zero-order chi connectivity index (χ0) is 21.5. The van der Waals surface area contributed by atoms with Gasteiger partial charge in [-0.05, 0) is 49.4 Å². The van der Waals surface area contributed by atoms with Gasteiger partial charge in [-0.2, -0.15) is 0 Å². The maximum atomic E-state index is 12.5. The molecule has 0 heterocycles. The molecule has 3 rings (SSSR count). The van der Waals surface area contributed by atoms with E-state index in [9.17, 15) is 9.59 Å². The van der Waals surface area contributed by atoms with Crippen molar-refractivity contribution < 1.29 is 9.59 Å². The predicted octanol–water partition coefficient (Wildman–Crippen LogP) is 4.93. The summed E-state index contributed by atoms with van der Waals surface area (Å²) in [7, 11) is 1.75. The van der Waals surface area contributed by atoms with Crippen molar-refractivity contribution in [1.82, 2.24) is 4.90 Å². The molecule has 0 atom stereocenters. The molecule has 0 radical (unpaired) electrons. The minimum atomic E-state index is -0.173. The fourth-order valence-corrected chi connectivity index (χ4v) is 3.63. The number of para-hydroxylation sites is 1. The van der Waals surface area contributed by atoms with Crippen LogP contribution in [-0.4, -0.2) is 36.9 Å². The lowest BCUT2D eigenvalue weighted by molar-refractivity contribution is -0.119. The van der Waals surface area contributed by atoms with Gasteiger partial charge < -0.3 is 10.6 Å². The van der Waals surface area contributed by atoms with E-state index >= 15 is 0 Å². The summed E-state index contributed by atoms with van der Waals surface area (Å²) in [5.74, 6) is -0.339. The predicted molar refractivity (Wildman–Crippen MR) is 126 cm³/mol. The molecule has 30 heavy (non-hydrogen) atoms. The molecule has 0 aliphatic rings. The van der Waals surface area contributed by atoms with Crippen molar-refractivity contribution in [3.63, 3.8) is 0 Å². The van der Waals surface area contributed by atoms with Gasteiger partial charge >= 0.3 is 0 Å². The summed E-state index contributed by atoms with van der Waals surface area (Å²) in [6, 6.07) is 23.3. The van der Waals surface area contributed by atoms with Crippen molar-refractivity contribution in [2.45, 2.75) is 6.92 Å². The van der Waals surface area contributed by atoms with Gasteiger partial charge in [0.05, 0.1) is 13.1 Å². The molecule has 0 saturated heterocycles. The van der Waals surface area contributed by atoms with Crippen molar-refractivity contribution in [2.75, 3.05) is 30.8 Å². The number of anilines is 2. The number of benzene rings is 3. The Kier molecular flexibility index (Phi) is 7.38. The minimum Gasteiger partial charge on any atom is -0.325 e. The molecule has 0 fully saturated rings. The van der Waals surface area contributed by atoms with E-state index in [0.717, 1.165) is 32.5 Å². The van der Waals surface area contributed by atoms with Crippen LogP contribution in [0.3, 0.4) is 0 Å².